The van der Waals surface area contributed by atoms with Crippen LogP contribution in [0.1, 0.15) is 32.8 Å². The summed E-state index contributed by atoms with van der Waals surface area (Å²) in [6.07, 6.45) is 1.06. The predicted octanol–water partition coefficient (Wildman–Crippen LogP) is 2.95. The fourth-order valence-corrected chi connectivity index (χ4v) is 2.90. The molecule has 2 atom stereocenters. The molecule has 1 N–H and O–H groups in total. The van der Waals surface area contributed by atoms with E-state index >= 15 is 0 Å². The Kier molecular flexibility index (Phi) is 4.26. The average molecular weight is 264 g/mol. The highest BCUT2D eigenvalue weighted by molar-refractivity contribution is 5.26. The maximum absolute atomic E-state index is 12.9. The minimum Gasteiger partial charge on any atom is -0.308 e. The Morgan fingerprint density at radius 3 is 2.53 bits per heavy atom. The van der Waals surface area contributed by atoms with E-state index in [4.69, 9.17) is 0 Å². The minimum absolute atomic E-state index is 0.0868. The fraction of sp³-hybridized carbons (Fsp3) is 0.625. The third-order valence-electron chi connectivity index (χ3n) is 4.63. The van der Waals surface area contributed by atoms with E-state index in [9.17, 15) is 4.39 Å². The molecule has 2 rings (SSSR count). The number of alkyl halides is 1. The van der Waals surface area contributed by atoms with E-state index in [1.807, 2.05) is 6.07 Å². The van der Waals surface area contributed by atoms with Gasteiger partial charge in [-0.05, 0) is 25.8 Å². The van der Waals surface area contributed by atoms with Crippen molar-refractivity contribution in [2.24, 2.45) is 0 Å². The van der Waals surface area contributed by atoms with Crippen molar-refractivity contribution >= 4 is 0 Å². The summed E-state index contributed by atoms with van der Waals surface area (Å²) in [4.78, 5) is 2.29. The fourth-order valence-electron chi connectivity index (χ4n) is 2.90. The highest BCUT2D eigenvalue weighted by Crippen LogP contribution is 2.33. The monoisotopic (exact) mass is 264 g/mol. The summed E-state index contributed by atoms with van der Waals surface area (Å²) >= 11 is 0. The van der Waals surface area contributed by atoms with Crippen molar-refractivity contribution in [1.82, 2.24) is 10.2 Å². The lowest BCUT2D eigenvalue weighted by Crippen LogP contribution is -2.66. The number of hydrogen-bond acceptors (Lipinski definition) is 2. The van der Waals surface area contributed by atoms with E-state index in [2.05, 4.69) is 55.3 Å². The Balaban J connectivity index is 2.29. The van der Waals surface area contributed by atoms with Gasteiger partial charge in [-0.3, -0.25) is 4.90 Å². The lowest BCUT2D eigenvalue weighted by molar-refractivity contribution is 0.0127. The second-order valence-corrected chi connectivity index (χ2v) is 6.02. The molecule has 0 aliphatic carbocycles. The van der Waals surface area contributed by atoms with Gasteiger partial charge in [0.25, 0.3) is 0 Å². The van der Waals surface area contributed by atoms with E-state index in [0.717, 1.165) is 19.5 Å². The number of piperazine rings is 1. The second-order valence-electron chi connectivity index (χ2n) is 6.02. The number of benzene rings is 1. The third-order valence-corrected chi connectivity index (χ3v) is 4.63. The Labute approximate surface area is 116 Å². The summed E-state index contributed by atoms with van der Waals surface area (Å²) in [5, 5.41) is 3.66. The predicted molar refractivity (Wildman–Crippen MR) is 78.0 cm³/mol. The summed E-state index contributed by atoms with van der Waals surface area (Å²) in [6, 6.07) is 10.4. The first-order chi connectivity index (χ1) is 9.04. The number of nitrogens with zero attached hydrogens (tertiary/aromatic N) is 1. The van der Waals surface area contributed by atoms with Crippen molar-refractivity contribution in [3.05, 3.63) is 35.9 Å². The number of rotatable bonds is 4. The molecule has 3 heteroatoms. The van der Waals surface area contributed by atoms with Crippen LogP contribution in [0.4, 0.5) is 4.39 Å². The molecular weight excluding hydrogens is 239 g/mol. The van der Waals surface area contributed by atoms with Gasteiger partial charge in [0.1, 0.15) is 6.67 Å². The molecule has 1 saturated heterocycles. The molecule has 1 heterocycles. The van der Waals surface area contributed by atoms with E-state index in [0.29, 0.717) is 6.54 Å². The van der Waals surface area contributed by atoms with Crippen LogP contribution in [-0.2, 0) is 5.54 Å². The normalized spacial score (nSPS) is 32.4. The van der Waals surface area contributed by atoms with Crippen LogP contribution in [0.15, 0.2) is 30.3 Å². The molecule has 1 aliphatic heterocycles. The van der Waals surface area contributed by atoms with Gasteiger partial charge in [-0.2, -0.15) is 0 Å². The van der Waals surface area contributed by atoms with Gasteiger partial charge in [-0.25, -0.2) is 4.39 Å². The highest BCUT2D eigenvalue weighted by Gasteiger charge is 2.42. The summed E-state index contributed by atoms with van der Waals surface area (Å²) < 4.78 is 12.9. The van der Waals surface area contributed by atoms with Crippen LogP contribution >= 0.6 is 0 Å². The van der Waals surface area contributed by atoms with E-state index in [1.165, 1.54) is 5.56 Å². The molecule has 19 heavy (non-hydrogen) atoms. The van der Waals surface area contributed by atoms with Crippen molar-refractivity contribution in [2.45, 2.75) is 38.3 Å². The molecule has 106 valence electrons. The molecule has 2 nitrogen and oxygen atoms in total. The first-order valence-corrected chi connectivity index (χ1v) is 7.16. The summed E-state index contributed by atoms with van der Waals surface area (Å²) in [6.45, 7) is 8.58. The first-order valence-electron chi connectivity index (χ1n) is 7.16. The number of hydrogen-bond donors (Lipinski definition) is 1. The molecule has 1 aliphatic rings. The van der Waals surface area contributed by atoms with Gasteiger partial charge < -0.3 is 5.32 Å². The first kappa shape index (κ1) is 14.5. The van der Waals surface area contributed by atoms with Crippen molar-refractivity contribution < 1.29 is 4.39 Å². The van der Waals surface area contributed by atoms with Gasteiger partial charge in [0.2, 0.25) is 0 Å². The van der Waals surface area contributed by atoms with Crippen LogP contribution in [0.3, 0.4) is 0 Å². The quantitative estimate of drug-likeness (QED) is 0.899. The third kappa shape index (κ3) is 2.82. The van der Waals surface area contributed by atoms with Gasteiger partial charge in [0.05, 0.1) is 5.54 Å². The van der Waals surface area contributed by atoms with Gasteiger partial charge >= 0.3 is 0 Å². The molecule has 1 fully saturated rings. The van der Waals surface area contributed by atoms with E-state index in [-0.39, 0.29) is 17.8 Å². The maximum Gasteiger partial charge on any atom is 0.102 e. The molecule has 1 aromatic carbocycles. The molecule has 0 saturated carbocycles. The van der Waals surface area contributed by atoms with Gasteiger partial charge in [-0.1, -0.05) is 37.3 Å². The van der Waals surface area contributed by atoms with Crippen molar-refractivity contribution in [1.29, 1.82) is 0 Å². The zero-order valence-electron chi connectivity index (χ0n) is 12.2. The van der Waals surface area contributed by atoms with Crippen molar-refractivity contribution in [2.75, 3.05) is 26.3 Å². The Morgan fingerprint density at radius 1 is 1.26 bits per heavy atom. The van der Waals surface area contributed by atoms with E-state index < -0.39 is 0 Å². The lowest BCUT2D eigenvalue weighted by Gasteiger charge is -2.52. The number of halogens is 1. The molecule has 1 aromatic rings. The highest BCUT2D eigenvalue weighted by atomic mass is 19.1. The van der Waals surface area contributed by atoms with Crippen molar-refractivity contribution in [3.63, 3.8) is 0 Å². The Morgan fingerprint density at radius 2 is 1.95 bits per heavy atom. The van der Waals surface area contributed by atoms with Crippen molar-refractivity contribution in [3.8, 4) is 0 Å². The lowest BCUT2D eigenvalue weighted by atomic mass is 9.83. The molecule has 0 bridgehead atoms. The molecule has 2 unspecified atom stereocenters. The Hall–Kier alpha value is -0.930. The molecular formula is C16H25FN2. The maximum atomic E-state index is 12.9. The summed E-state index contributed by atoms with van der Waals surface area (Å²) in [5.74, 6) is 0. The minimum atomic E-state index is -0.289. The summed E-state index contributed by atoms with van der Waals surface area (Å²) in [7, 11) is 0. The average Bonchev–Trinajstić information content (AvgIpc) is 2.45. The zero-order valence-corrected chi connectivity index (χ0v) is 12.2. The standard InChI is InChI=1S/C16H25FN2/c1-4-15(2)13-19(11-10-17)16(3,12-18-15)14-8-6-5-7-9-14/h5-9,18H,4,10-13H2,1-3H3. The van der Waals surface area contributed by atoms with Crippen LogP contribution in [0.5, 0.6) is 0 Å². The molecule has 0 radical (unpaired) electrons. The van der Waals surface area contributed by atoms with Crippen LogP contribution < -0.4 is 5.32 Å². The number of nitrogens with one attached hydrogen (secondary N) is 1. The van der Waals surface area contributed by atoms with Crippen LogP contribution in [0.25, 0.3) is 0 Å². The van der Waals surface area contributed by atoms with Crippen LogP contribution in [0.2, 0.25) is 0 Å². The molecule has 0 spiro atoms. The van der Waals surface area contributed by atoms with Crippen LogP contribution in [0, 0.1) is 0 Å². The smallest absolute Gasteiger partial charge is 0.102 e. The zero-order chi connectivity index (χ0) is 13.9. The SMILES string of the molecule is CCC1(C)CN(CCF)C(C)(c2ccccc2)CN1. The van der Waals surface area contributed by atoms with Gasteiger partial charge in [-0.15, -0.1) is 0 Å². The topological polar surface area (TPSA) is 15.3 Å². The van der Waals surface area contributed by atoms with Gasteiger partial charge in [0, 0.05) is 25.2 Å². The molecule has 0 amide bonds. The van der Waals surface area contributed by atoms with Gasteiger partial charge in [0.15, 0.2) is 0 Å². The second kappa shape index (κ2) is 5.59. The Bertz CT molecular complexity index is 408. The van der Waals surface area contributed by atoms with Crippen LogP contribution in [-0.4, -0.2) is 36.7 Å². The largest absolute Gasteiger partial charge is 0.308 e. The van der Waals surface area contributed by atoms with E-state index in [1.54, 1.807) is 0 Å². The molecule has 0 aromatic heterocycles. The summed E-state index contributed by atoms with van der Waals surface area (Å²) in [5.41, 5.74) is 1.22.